The number of aliphatic hydroxyl groups is 1. The first-order valence-electron chi connectivity index (χ1n) is 8.95. The van der Waals surface area contributed by atoms with Crippen LogP contribution in [-0.4, -0.2) is 22.3 Å². The lowest BCUT2D eigenvalue weighted by Crippen LogP contribution is -2.19. The minimum absolute atomic E-state index is 0.392. The summed E-state index contributed by atoms with van der Waals surface area (Å²) in [5.41, 5.74) is 1.91. The Morgan fingerprint density at radius 1 is 1.30 bits per heavy atom. The number of carbonyl (C=O) groups is 1. The molecule has 2 aliphatic rings. The van der Waals surface area contributed by atoms with Gasteiger partial charge < -0.3 is 15.2 Å². The Labute approximate surface area is 156 Å². The van der Waals surface area contributed by atoms with Crippen molar-refractivity contribution in [2.45, 2.75) is 37.5 Å². The van der Waals surface area contributed by atoms with E-state index in [1.165, 1.54) is 25.0 Å². The minimum atomic E-state index is -0.654. The fraction of sp³-hybridized carbons (Fsp3) is 0.333. The molecule has 2 N–H and O–H groups in total. The normalized spacial score (nSPS) is 22.4. The van der Waals surface area contributed by atoms with Gasteiger partial charge in [-0.25, -0.2) is 9.18 Å². The van der Waals surface area contributed by atoms with Gasteiger partial charge in [-0.2, -0.15) is 0 Å². The summed E-state index contributed by atoms with van der Waals surface area (Å²) in [6, 6.07) is 7.29. The minimum Gasteiger partial charge on any atom is -0.439 e. The van der Waals surface area contributed by atoms with Crippen LogP contribution in [0.5, 0.6) is 0 Å². The highest BCUT2D eigenvalue weighted by Crippen LogP contribution is 2.37. The average molecular weight is 366 g/mol. The van der Waals surface area contributed by atoms with Crippen molar-refractivity contribution >= 4 is 6.09 Å². The van der Waals surface area contributed by atoms with Gasteiger partial charge in [0.1, 0.15) is 18.0 Å². The molecule has 3 atom stereocenters. The molecule has 1 aromatic heterocycles. The second-order valence-electron chi connectivity index (χ2n) is 6.97. The number of hydrogen-bond donors (Lipinski definition) is 2. The van der Waals surface area contributed by atoms with Crippen LogP contribution in [0.25, 0.3) is 0 Å². The molecule has 138 valence electrons. The lowest BCUT2D eigenvalue weighted by atomic mass is 9.97. The van der Waals surface area contributed by atoms with E-state index in [0.29, 0.717) is 29.0 Å². The zero-order chi connectivity index (χ0) is 18.8. The van der Waals surface area contributed by atoms with Crippen LogP contribution in [0.2, 0.25) is 0 Å². The molecule has 2 fully saturated rings. The second-order valence-corrected chi connectivity index (χ2v) is 6.97. The van der Waals surface area contributed by atoms with Crippen LogP contribution in [0.3, 0.4) is 0 Å². The maximum atomic E-state index is 13.6. The molecule has 1 saturated carbocycles. The Hall–Kier alpha value is -2.91. The van der Waals surface area contributed by atoms with Gasteiger partial charge in [0.05, 0.1) is 0 Å². The highest BCUT2D eigenvalue weighted by atomic mass is 19.1. The van der Waals surface area contributed by atoms with Crippen LogP contribution in [0, 0.1) is 23.6 Å². The number of cyclic esters (lactones) is 1. The molecule has 1 saturated heterocycles. The second kappa shape index (κ2) is 7.37. The van der Waals surface area contributed by atoms with E-state index in [-0.39, 0.29) is 0 Å². The number of amides is 1. The van der Waals surface area contributed by atoms with Gasteiger partial charge in [0.25, 0.3) is 0 Å². The average Bonchev–Trinajstić information content (AvgIpc) is 3.38. The van der Waals surface area contributed by atoms with E-state index < -0.39 is 30.2 Å². The van der Waals surface area contributed by atoms with E-state index in [9.17, 15) is 14.3 Å². The number of ether oxygens (including phenoxy) is 1. The highest BCUT2D eigenvalue weighted by Gasteiger charge is 2.36. The Kier molecular flexibility index (Phi) is 4.78. The Morgan fingerprint density at radius 2 is 2.15 bits per heavy atom. The van der Waals surface area contributed by atoms with E-state index >= 15 is 0 Å². The zero-order valence-electron chi connectivity index (χ0n) is 14.6. The van der Waals surface area contributed by atoms with E-state index in [4.69, 9.17) is 4.74 Å². The number of nitrogens with zero attached hydrogens (tertiary/aromatic N) is 1. The molecule has 1 aliphatic heterocycles. The van der Waals surface area contributed by atoms with Crippen LogP contribution in [0.4, 0.5) is 9.18 Å². The van der Waals surface area contributed by atoms with Gasteiger partial charge in [-0.05, 0) is 41.7 Å². The van der Waals surface area contributed by atoms with Crippen LogP contribution >= 0.6 is 0 Å². The van der Waals surface area contributed by atoms with E-state index in [1.54, 1.807) is 30.6 Å². The number of alkyl carbamates (subject to hydrolysis) is 1. The van der Waals surface area contributed by atoms with Crippen molar-refractivity contribution < 1.29 is 19.0 Å². The number of carbonyl (C=O) groups excluding carboxylic acids is 1. The van der Waals surface area contributed by atoms with Crippen molar-refractivity contribution in [2.24, 2.45) is 5.92 Å². The van der Waals surface area contributed by atoms with Gasteiger partial charge in [-0.15, -0.1) is 0 Å². The topological polar surface area (TPSA) is 71.5 Å². The molecule has 0 bridgehead atoms. The molecule has 6 heteroatoms. The molecule has 1 amide bonds. The van der Waals surface area contributed by atoms with Crippen molar-refractivity contribution in [3.63, 3.8) is 0 Å². The summed E-state index contributed by atoms with van der Waals surface area (Å²) in [7, 11) is 0. The van der Waals surface area contributed by atoms with Gasteiger partial charge in [0.2, 0.25) is 0 Å². The number of pyridine rings is 1. The molecule has 1 aliphatic carbocycles. The Bertz CT molecular complexity index is 917. The largest absolute Gasteiger partial charge is 0.439 e. The van der Waals surface area contributed by atoms with Gasteiger partial charge in [0.15, 0.2) is 6.10 Å². The summed E-state index contributed by atoms with van der Waals surface area (Å²) in [4.78, 5) is 16.0. The highest BCUT2D eigenvalue weighted by molar-refractivity contribution is 5.71. The molecule has 1 aromatic carbocycles. The molecule has 2 heterocycles. The van der Waals surface area contributed by atoms with Crippen molar-refractivity contribution in [3.05, 3.63) is 65.2 Å². The number of aromatic nitrogens is 1. The third kappa shape index (κ3) is 4.26. The van der Waals surface area contributed by atoms with Crippen molar-refractivity contribution in [1.82, 2.24) is 10.3 Å². The van der Waals surface area contributed by atoms with Gasteiger partial charge >= 0.3 is 6.09 Å². The first-order chi connectivity index (χ1) is 13.1. The molecule has 1 unspecified atom stereocenters. The van der Waals surface area contributed by atoms with Crippen molar-refractivity contribution in [1.29, 1.82) is 0 Å². The van der Waals surface area contributed by atoms with Crippen LogP contribution in [0.1, 0.15) is 48.1 Å². The standard InChI is InChI=1S/C21H19FN2O3/c22-17-3-1-2-15(10-17)20-19(24-21(26)27-20)16-8-14(11-23-12-16)6-7-18(25)9-13-4-5-13/h1-3,8,10-13,18-20,25H,4-5,9H2,(H,24,26)/t18?,19-,20-/m1/s1. The van der Waals surface area contributed by atoms with Gasteiger partial charge in [0, 0.05) is 18.0 Å². The van der Waals surface area contributed by atoms with E-state index in [0.717, 1.165) is 0 Å². The fourth-order valence-corrected chi connectivity index (χ4v) is 3.21. The van der Waals surface area contributed by atoms with Crippen LogP contribution in [-0.2, 0) is 4.74 Å². The molecule has 27 heavy (non-hydrogen) atoms. The van der Waals surface area contributed by atoms with Crippen molar-refractivity contribution in [3.8, 4) is 11.8 Å². The first kappa shape index (κ1) is 17.5. The first-order valence-corrected chi connectivity index (χ1v) is 8.95. The van der Waals surface area contributed by atoms with Gasteiger partial charge in [-0.3, -0.25) is 4.98 Å². The predicted octanol–water partition coefficient (Wildman–Crippen LogP) is 3.26. The Morgan fingerprint density at radius 3 is 2.93 bits per heavy atom. The number of halogens is 1. The summed E-state index contributed by atoms with van der Waals surface area (Å²) >= 11 is 0. The molecule has 0 spiro atoms. The summed E-state index contributed by atoms with van der Waals surface area (Å²) < 4.78 is 18.9. The lowest BCUT2D eigenvalue weighted by molar-refractivity contribution is 0.132. The molecular weight excluding hydrogens is 347 g/mol. The fourth-order valence-electron chi connectivity index (χ4n) is 3.21. The quantitative estimate of drug-likeness (QED) is 0.815. The monoisotopic (exact) mass is 366 g/mol. The zero-order valence-corrected chi connectivity index (χ0v) is 14.6. The molecule has 2 aromatic rings. The number of aliphatic hydroxyl groups excluding tert-OH is 1. The van der Waals surface area contributed by atoms with Crippen LogP contribution < -0.4 is 5.32 Å². The summed E-state index contributed by atoms with van der Waals surface area (Å²) in [6.45, 7) is 0. The number of benzene rings is 1. The smallest absolute Gasteiger partial charge is 0.408 e. The molecule has 4 rings (SSSR count). The van der Waals surface area contributed by atoms with Crippen molar-refractivity contribution in [2.75, 3.05) is 0 Å². The third-order valence-electron chi connectivity index (χ3n) is 4.74. The van der Waals surface area contributed by atoms with Crippen LogP contribution in [0.15, 0.2) is 42.7 Å². The maximum absolute atomic E-state index is 13.6. The number of hydrogen-bond acceptors (Lipinski definition) is 4. The van der Waals surface area contributed by atoms with E-state index in [1.807, 2.05) is 0 Å². The number of nitrogens with one attached hydrogen (secondary N) is 1. The third-order valence-corrected chi connectivity index (χ3v) is 4.74. The predicted molar refractivity (Wildman–Crippen MR) is 96.0 cm³/mol. The summed E-state index contributed by atoms with van der Waals surface area (Å²) in [6.07, 6.45) is 4.40. The SMILES string of the molecule is O=C1N[C@H](c2cncc(C#CC(O)CC3CC3)c2)[C@@H](c2cccc(F)c2)O1. The molecule has 0 radical (unpaired) electrons. The van der Waals surface area contributed by atoms with Gasteiger partial charge in [-0.1, -0.05) is 36.8 Å². The number of rotatable bonds is 4. The lowest BCUT2D eigenvalue weighted by Gasteiger charge is -2.17. The Balaban J connectivity index is 1.56. The molecular formula is C21H19FN2O3. The molecule has 5 nitrogen and oxygen atoms in total. The van der Waals surface area contributed by atoms with E-state index in [2.05, 4.69) is 22.1 Å². The summed E-state index contributed by atoms with van der Waals surface area (Å²) in [5.74, 6) is 5.99. The maximum Gasteiger partial charge on any atom is 0.408 e. The summed E-state index contributed by atoms with van der Waals surface area (Å²) in [5, 5.41) is 12.7.